The predicted octanol–water partition coefficient (Wildman–Crippen LogP) is 3.04. The standard InChI is InChI=1S/C12H10F2N2O/c1-7-6-16-11(5-9(7)15)17-10-4-2-3-8(13)12(10)14/h2-6H,1H3,(H2,15,16). The molecule has 0 radical (unpaired) electrons. The first-order chi connectivity index (χ1) is 8.08. The van der Waals surface area contributed by atoms with Gasteiger partial charge < -0.3 is 10.5 Å². The number of benzene rings is 1. The molecule has 0 aliphatic heterocycles. The third kappa shape index (κ3) is 2.33. The Balaban J connectivity index is 2.31. The van der Waals surface area contributed by atoms with E-state index in [-0.39, 0.29) is 11.6 Å². The van der Waals surface area contributed by atoms with Gasteiger partial charge in [0.2, 0.25) is 11.7 Å². The number of hydrogen-bond acceptors (Lipinski definition) is 3. The van der Waals surface area contributed by atoms with Gasteiger partial charge in [0.05, 0.1) is 0 Å². The van der Waals surface area contributed by atoms with E-state index in [0.717, 1.165) is 11.6 Å². The number of nitrogens with zero attached hydrogens (tertiary/aromatic N) is 1. The van der Waals surface area contributed by atoms with Crippen LogP contribution < -0.4 is 10.5 Å². The molecule has 1 heterocycles. The molecule has 2 rings (SSSR count). The SMILES string of the molecule is Cc1cnc(Oc2cccc(F)c2F)cc1N. The van der Waals surface area contributed by atoms with Crippen LogP contribution in [0.4, 0.5) is 14.5 Å². The normalized spacial score (nSPS) is 10.3. The fourth-order valence-electron chi connectivity index (χ4n) is 1.25. The van der Waals surface area contributed by atoms with Gasteiger partial charge in [-0.1, -0.05) is 6.07 Å². The molecular weight excluding hydrogens is 226 g/mol. The van der Waals surface area contributed by atoms with Crippen molar-refractivity contribution in [3.05, 3.63) is 47.7 Å². The average Bonchev–Trinajstić information content (AvgIpc) is 2.30. The van der Waals surface area contributed by atoms with Crippen molar-refractivity contribution in [1.29, 1.82) is 0 Å². The van der Waals surface area contributed by atoms with Crippen LogP contribution in [-0.2, 0) is 0 Å². The molecule has 0 atom stereocenters. The van der Waals surface area contributed by atoms with Crippen molar-refractivity contribution < 1.29 is 13.5 Å². The van der Waals surface area contributed by atoms with Gasteiger partial charge in [0.25, 0.3) is 0 Å². The van der Waals surface area contributed by atoms with E-state index >= 15 is 0 Å². The second kappa shape index (κ2) is 4.37. The first-order valence-corrected chi connectivity index (χ1v) is 4.92. The largest absolute Gasteiger partial charge is 0.436 e. The summed E-state index contributed by atoms with van der Waals surface area (Å²) in [6.07, 6.45) is 1.50. The molecule has 3 nitrogen and oxygen atoms in total. The summed E-state index contributed by atoms with van der Waals surface area (Å²) in [6, 6.07) is 5.14. The van der Waals surface area contributed by atoms with Gasteiger partial charge in [-0.3, -0.25) is 0 Å². The lowest BCUT2D eigenvalue weighted by molar-refractivity contribution is 0.405. The number of anilines is 1. The fourth-order valence-corrected chi connectivity index (χ4v) is 1.25. The summed E-state index contributed by atoms with van der Waals surface area (Å²) in [6.45, 7) is 1.79. The monoisotopic (exact) mass is 236 g/mol. The highest BCUT2D eigenvalue weighted by molar-refractivity contribution is 5.47. The third-order valence-electron chi connectivity index (χ3n) is 2.25. The van der Waals surface area contributed by atoms with Gasteiger partial charge in [-0.25, -0.2) is 9.37 Å². The Bertz CT molecular complexity index is 558. The van der Waals surface area contributed by atoms with Crippen molar-refractivity contribution in [3.8, 4) is 11.6 Å². The molecule has 0 saturated carbocycles. The molecule has 17 heavy (non-hydrogen) atoms. The van der Waals surface area contributed by atoms with Crippen LogP contribution in [0.25, 0.3) is 0 Å². The van der Waals surface area contributed by atoms with Crippen molar-refractivity contribution in [2.45, 2.75) is 6.92 Å². The molecule has 2 N–H and O–H groups in total. The van der Waals surface area contributed by atoms with Crippen LogP contribution in [-0.4, -0.2) is 4.98 Å². The van der Waals surface area contributed by atoms with E-state index in [1.165, 1.54) is 24.4 Å². The molecule has 0 aliphatic carbocycles. The summed E-state index contributed by atoms with van der Waals surface area (Å²) in [5.41, 5.74) is 6.92. The summed E-state index contributed by atoms with van der Waals surface area (Å²) in [5.74, 6) is -2.12. The van der Waals surface area contributed by atoms with E-state index in [4.69, 9.17) is 10.5 Å². The molecule has 0 saturated heterocycles. The molecule has 0 spiro atoms. The van der Waals surface area contributed by atoms with Crippen molar-refractivity contribution in [2.75, 3.05) is 5.73 Å². The molecule has 0 amide bonds. The quantitative estimate of drug-likeness (QED) is 0.871. The first kappa shape index (κ1) is 11.3. The molecule has 0 bridgehead atoms. The number of nitrogens with two attached hydrogens (primary N) is 1. The van der Waals surface area contributed by atoms with Gasteiger partial charge in [-0.2, -0.15) is 4.39 Å². The number of hydrogen-bond donors (Lipinski definition) is 1. The second-order valence-corrected chi connectivity index (χ2v) is 3.53. The van der Waals surface area contributed by atoms with E-state index in [9.17, 15) is 8.78 Å². The zero-order valence-electron chi connectivity index (χ0n) is 9.08. The minimum absolute atomic E-state index is 0.123. The van der Waals surface area contributed by atoms with E-state index in [0.29, 0.717) is 5.69 Å². The molecular formula is C12H10F2N2O. The molecule has 2 aromatic rings. The summed E-state index contributed by atoms with van der Waals surface area (Å²) in [7, 11) is 0. The summed E-state index contributed by atoms with van der Waals surface area (Å²) in [5, 5.41) is 0. The Kier molecular flexibility index (Phi) is 2.91. The maximum atomic E-state index is 13.3. The Morgan fingerprint density at radius 3 is 2.76 bits per heavy atom. The maximum absolute atomic E-state index is 13.3. The predicted molar refractivity (Wildman–Crippen MR) is 59.8 cm³/mol. The smallest absolute Gasteiger partial charge is 0.221 e. The van der Waals surface area contributed by atoms with Crippen molar-refractivity contribution >= 4 is 5.69 Å². The molecule has 1 aromatic carbocycles. The minimum Gasteiger partial charge on any atom is -0.436 e. The molecule has 1 aromatic heterocycles. The summed E-state index contributed by atoms with van der Waals surface area (Å²) < 4.78 is 31.4. The Morgan fingerprint density at radius 2 is 2.06 bits per heavy atom. The lowest BCUT2D eigenvalue weighted by Crippen LogP contribution is -1.96. The van der Waals surface area contributed by atoms with Crippen LogP contribution in [0.5, 0.6) is 11.6 Å². The molecule has 0 unspecified atom stereocenters. The van der Waals surface area contributed by atoms with E-state index in [2.05, 4.69) is 4.98 Å². The number of ether oxygens (including phenoxy) is 1. The van der Waals surface area contributed by atoms with E-state index < -0.39 is 11.6 Å². The van der Waals surface area contributed by atoms with Crippen LogP contribution in [0.3, 0.4) is 0 Å². The zero-order valence-corrected chi connectivity index (χ0v) is 9.08. The average molecular weight is 236 g/mol. The summed E-state index contributed by atoms with van der Waals surface area (Å²) in [4.78, 5) is 3.91. The first-order valence-electron chi connectivity index (χ1n) is 4.92. The lowest BCUT2D eigenvalue weighted by Gasteiger charge is -2.07. The topological polar surface area (TPSA) is 48.1 Å². The maximum Gasteiger partial charge on any atom is 0.221 e. The Morgan fingerprint density at radius 1 is 1.29 bits per heavy atom. The molecule has 0 fully saturated rings. The van der Waals surface area contributed by atoms with Crippen LogP contribution in [0.2, 0.25) is 0 Å². The molecule has 0 aliphatic rings. The van der Waals surface area contributed by atoms with Gasteiger partial charge in [-0.05, 0) is 24.6 Å². The number of aromatic nitrogens is 1. The number of halogens is 2. The zero-order chi connectivity index (χ0) is 12.4. The van der Waals surface area contributed by atoms with Crippen molar-refractivity contribution in [1.82, 2.24) is 4.98 Å². The number of rotatable bonds is 2. The summed E-state index contributed by atoms with van der Waals surface area (Å²) >= 11 is 0. The highest BCUT2D eigenvalue weighted by Gasteiger charge is 2.10. The Hall–Kier alpha value is -2.17. The van der Waals surface area contributed by atoms with Gasteiger partial charge in [-0.15, -0.1) is 0 Å². The van der Waals surface area contributed by atoms with E-state index in [1.54, 1.807) is 6.92 Å². The number of aryl methyl sites for hydroxylation is 1. The van der Waals surface area contributed by atoms with Crippen LogP contribution in [0.15, 0.2) is 30.5 Å². The fraction of sp³-hybridized carbons (Fsp3) is 0.0833. The highest BCUT2D eigenvalue weighted by atomic mass is 19.2. The third-order valence-corrected chi connectivity index (χ3v) is 2.25. The van der Waals surface area contributed by atoms with Crippen molar-refractivity contribution in [3.63, 3.8) is 0 Å². The minimum atomic E-state index is -1.05. The highest BCUT2D eigenvalue weighted by Crippen LogP contribution is 2.26. The van der Waals surface area contributed by atoms with Crippen LogP contribution >= 0.6 is 0 Å². The van der Waals surface area contributed by atoms with Gasteiger partial charge >= 0.3 is 0 Å². The lowest BCUT2D eigenvalue weighted by atomic mass is 10.3. The van der Waals surface area contributed by atoms with Gasteiger partial charge in [0.1, 0.15) is 0 Å². The number of nitrogen functional groups attached to an aromatic ring is 1. The van der Waals surface area contributed by atoms with Crippen LogP contribution in [0, 0.1) is 18.6 Å². The van der Waals surface area contributed by atoms with Crippen LogP contribution in [0.1, 0.15) is 5.56 Å². The Labute approximate surface area is 96.9 Å². The number of pyridine rings is 1. The van der Waals surface area contributed by atoms with Gasteiger partial charge in [0, 0.05) is 18.0 Å². The molecule has 5 heteroatoms. The van der Waals surface area contributed by atoms with Crippen molar-refractivity contribution in [2.24, 2.45) is 0 Å². The van der Waals surface area contributed by atoms with E-state index in [1.807, 2.05) is 0 Å². The van der Waals surface area contributed by atoms with Gasteiger partial charge in [0.15, 0.2) is 11.6 Å². The second-order valence-electron chi connectivity index (χ2n) is 3.53. The molecule has 88 valence electrons.